The molecule has 1 aromatic carbocycles. The van der Waals surface area contributed by atoms with Crippen LogP contribution >= 0.6 is 0 Å². The van der Waals surface area contributed by atoms with E-state index in [2.05, 4.69) is 16.0 Å². The van der Waals surface area contributed by atoms with Gasteiger partial charge in [0, 0.05) is 11.8 Å². The minimum absolute atomic E-state index is 0.403. The Morgan fingerprint density at radius 1 is 1.53 bits per heavy atom. The second kappa shape index (κ2) is 6.44. The number of ether oxygens (including phenoxy) is 2. The van der Waals surface area contributed by atoms with Gasteiger partial charge in [-0.3, -0.25) is 0 Å². The van der Waals surface area contributed by atoms with Crippen molar-refractivity contribution in [3.63, 3.8) is 0 Å². The van der Waals surface area contributed by atoms with E-state index in [-0.39, 0.29) is 0 Å². The lowest BCUT2D eigenvalue weighted by molar-refractivity contribution is 0.0596. The third-order valence-electron chi connectivity index (χ3n) is 2.08. The summed E-state index contributed by atoms with van der Waals surface area (Å²) in [4.78, 5) is 11.5. The van der Waals surface area contributed by atoms with Gasteiger partial charge in [0.05, 0.1) is 20.3 Å². The number of carbonyl (C=O) groups is 1. The number of benzene rings is 1. The molecule has 4 heteroatoms. The van der Waals surface area contributed by atoms with E-state index in [0.29, 0.717) is 24.5 Å². The average Bonchev–Trinajstić information content (AvgIpc) is 2.36. The molecule has 0 aliphatic rings. The molecular weight excluding hydrogens is 218 g/mol. The number of carbonyl (C=O) groups excluding carboxylic acids is 1. The Morgan fingerprint density at radius 3 is 2.88 bits per heavy atom. The van der Waals surface area contributed by atoms with Gasteiger partial charge >= 0.3 is 5.97 Å². The Kier molecular flexibility index (Phi) is 4.89. The third-order valence-corrected chi connectivity index (χ3v) is 2.08. The highest BCUT2D eigenvalue weighted by Gasteiger charge is 2.13. The van der Waals surface area contributed by atoms with Crippen molar-refractivity contribution in [2.24, 2.45) is 0 Å². The van der Waals surface area contributed by atoms with E-state index in [9.17, 15) is 4.79 Å². The normalized spacial score (nSPS) is 9.24. The van der Waals surface area contributed by atoms with Crippen LogP contribution in [-0.2, 0) is 4.74 Å². The second-order valence-corrected chi connectivity index (χ2v) is 3.19. The van der Waals surface area contributed by atoms with E-state index in [1.807, 2.05) is 6.92 Å². The van der Waals surface area contributed by atoms with Gasteiger partial charge in [0.15, 0.2) is 0 Å². The molecule has 1 rings (SSSR count). The number of anilines is 1. The van der Waals surface area contributed by atoms with Crippen LogP contribution in [0.5, 0.6) is 5.75 Å². The summed E-state index contributed by atoms with van der Waals surface area (Å²) in [6.45, 7) is 2.74. The molecule has 17 heavy (non-hydrogen) atoms. The summed E-state index contributed by atoms with van der Waals surface area (Å²) >= 11 is 0. The van der Waals surface area contributed by atoms with Gasteiger partial charge in [0.25, 0.3) is 0 Å². The topological polar surface area (TPSA) is 47.6 Å². The minimum atomic E-state index is -0.419. The molecule has 0 fully saturated rings. The van der Waals surface area contributed by atoms with Crippen LogP contribution in [0.2, 0.25) is 0 Å². The van der Waals surface area contributed by atoms with Crippen molar-refractivity contribution in [2.75, 3.05) is 25.6 Å². The lowest BCUT2D eigenvalue weighted by Crippen LogP contribution is -2.07. The number of hydrogen-bond donors (Lipinski definition) is 1. The van der Waals surface area contributed by atoms with Gasteiger partial charge in [0.2, 0.25) is 0 Å². The van der Waals surface area contributed by atoms with Crippen LogP contribution in [0.1, 0.15) is 17.3 Å². The molecule has 0 spiro atoms. The SMILES string of the molecule is C#CCNc1ccc(C(=O)OC)c(OCC)c1. The van der Waals surface area contributed by atoms with Crippen molar-refractivity contribution in [2.45, 2.75) is 6.92 Å². The molecule has 4 nitrogen and oxygen atoms in total. The fourth-order valence-electron chi connectivity index (χ4n) is 1.34. The summed E-state index contributed by atoms with van der Waals surface area (Å²) in [7, 11) is 1.34. The molecule has 0 heterocycles. The number of esters is 1. The molecule has 0 unspecified atom stereocenters. The zero-order valence-corrected chi connectivity index (χ0v) is 9.95. The number of methoxy groups -OCH3 is 1. The molecule has 0 saturated carbocycles. The van der Waals surface area contributed by atoms with Crippen molar-refractivity contribution in [1.82, 2.24) is 0 Å². The first-order valence-electron chi connectivity index (χ1n) is 5.25. The van der Waals surface area contributed by atoms with Crippen LogP contribution in [-0.4, -0.2) is 26.2 Å². The molecule has 0 radical (unpaired) electrons. The standard InChI is InChI=1S/C13H15NO3/c1-4-8-14-10-6-7-11(13(15)16-3)12(9-10)17-5-2/h1,6-7,9,14H,5,8H2,2-3H3. The second-order valence-electron chi connectivity index (χ2n) is 3.19. The third kappa shape index (κ3) is 3.42. The number of terminal acetylenes is 1. The molecule has 0 aliphatic heterocycles. The predicted molar refractivity (Wildman–Crippen MR) is 66.3 cm³/mol. The molecule has 0 amide bonds. The highest BCUT2D eigenvalue weighted by Crippen LogP contribution is 2.24. The summed E-state index contributed by atoms with van der Waals surface area (Å²) in [5, 5.41) is 3.01. The van der Waals surface area contributed by atoms with E-state index < -0.39 is 5.97 Å². The van der Waals surface area contributed by atoms with Crippen molar-refractivity contribution in [1.29, 1.82) is 0 Å². The largest absolute Gasteiger partial charge is 0.493 e. The Balaban J connectivity index is 2.99. The van der Waals surface area contributed by atoms with E-state index >= 15 is 0 Å². The number of rotatable bonds is 5. The molecule has 0 bridgehead atoms. The number of nitrogens with one attached hydrogen (secondary N) is 1. The Hall–Kier alpha value is -2.15. The highest BCUT2D eigenvalue weighted by molar-refractivity contribution is 5.93. The maximum atomic E-state index is 11.5. The van der Waals surface area contributed by atoms with E-state index in [1.165, 1.54) is 7.11 Å². The van der Waals surface area contributed by atoms with Crippen LogP contribution < -0.4 is 10.1 Å². The van der Waals surface area contributed by atoms with E-state index in [0.717, 1.165) is 5.69 Å². The highest BCUT2D eigenvalue weighted by atomic mass is 16.5. The molecule has 0 aromatic heterocycles. The van der Waals surface area contributed by atoms with Crippen LogP contribution in [0.25, 0.3) is 0 Å². The lowest BCUT2D eigenvalue weighted by atomic mass is 10.2. The minimum Gasteiger partial charge on any atom is -0.493 e. The van der Waals surface area contributed by atoms with E-state index in [4.69, 9.17) is 11.2 Å². The van der Waals surface area contributed by atoms with Gasteiger partial charge in [-0.05, 0) is 19.1 Å². The molecular formula is C13H15NO3. The molecule has 0 aliphatic carbocycles. The number of hydrogen-bond acceptors (Lipinski definition) is 4. The van der Waals surface area contributed by atoms with Crippen LogP contribution in [0.3, 0.4) is 0 Å². The summed E-state index contributed by atoms with van der Waals surface area (Å²) in [6.07, 6.45) is 5.15. The van der Waals surface area contributed by atoms with Gasteiger partial charge in [-0.15, -0.1) is 6.42 Å². The van der Waals surface area contributed by atoms with Crippen LogP contribution in [0.15, 0.2) is 18.2 Å². The monoisotopic (exact) mass is 233 g/mol. The summed E-state index contributed by atoms with van der Waals surface area (Å²) in [5.74, 6) is 2.54. The summed E-state index contributed by atoms with van der Waals surface area (Å²) in [6, 6.07) is 5.13. The summed E-state index contributed by atoms with van der Waals surface area (Å²) < 4.78 is 10.1. The fraction of sp³-hybridized carbons (Fsp3) is 0.308. The van der Waals surface area contributed by atoms with Gasteiger partial charge in [-0.25, -0.2) is 4.79 Å². The van der Waals surface area contributed by atoms with Crippen molar-refractivity contribution >= 4 is 11.7 Å². The maximum Gasteiger partial charge on any atom is 0.341 e. The van der Waals surface area contributed by atoms with Crippen molar-refractivity contribution < 1.29 is 14.3 Å². The lowest BCUT2D eigenvalue weighted by Gasteiger charge is -2.11. The van der Waals surface area contributed by atoms with Crippen molar-refractivity contribution in [3.8, 4) is 18.1 Å². The molecule has 0 saturated heterocycles. The van der Waals surface area contributed by atoms with Crippen LogP contribution in [0, 0.1) is 12.3 Å². The quantitative estimate of drug-likeness (QED) is 0.623. The molecule has 90 valence electrons. The molecule has 1 N–H and O–H groups in total. The molecule has 1 aromatic rings. The smallest absolute Gasteiger partial charge is 0.341 e. The Labute approximate surface area is 101 Å². The maximum absolute atomic E-state index is 11.5. The average molecular weight is 233 g/mol. The Bertz CT molecular complexity index is 435. The zero-order chi connectivity index (χ0) is 12.7. The fourth-order valence-corrected chi connectivity index (χ4v) is 1.34. The summed E-state index contributed by atoms with van der Waals surface area (Å²) in [5.41, 5.74) is 1.21. The first-order chi connectivity index (χ1) is 8.22. The zero-order valence-electron chi connectivity index (χ0n) is 9.95. The first kappa shape index (κ1) is 12.9. The van der Waals surface area contributed by atoms with Gasteiger partial charge in [-0.1, -0.05) is 5.92 Å². The van der Waals surface area contributed by atoms with Crippen LogP contribution in [0.4, 0.5) is 5.69 Å². The molecule has 0 atom stereocenters. The Morgan fingerprint density at radius 2 is 2.29 bits per heavy atom. The van der Waals surface area contributed by atoms with E-state index in [1.54, 1.807) is 18.2 Å². The van der Waals surface area contributed by atoms with Gasteiger partial charge in [0.1, 0.15) is 11.3 Å². The van der Waals surface area contributed by atoms with Gasteiger partial charge in [-0.2, -0.15) is 0 Å². The predicted octanol–water partition coefficient (Wildman–Crippen LogP) is 1.92. The van der Waals surface area contributed by atoms with Crippen molar-refractivity contribution in [3.05, 3.63) is 23.8 Å². The first-order valence-corrected chi connectivity index (χ1v) is 5.25. The van der Waals surface area contributed by atoms with Gasteiger partial charge < -0.3 is 14.8 Å².